The van der Waals surface area contributed by atoms with E-state index in [9.17, 15) is 0 Å². The Morgan fingerprint density at radius 1 is 1.09 bits per heavy atom. The lowest BCUT2D eigenvalue weighted by atomic mass is 9.85. The molecule has 0 bridgehead atoms. The largest absolute Gasteiger partial charge is 0.362 e. The maximum absolute atomic E-state index is 4.62. The fraction of sp³-hybridized carbons (Fsp3) is 0.353. The average molecular weight is 295 g/mol. The number of fused-ring (bicyclic) bond motifs is 1. The van der Waals surface area contributed by atoms with E-state index in [1.54, 1.807) is 11.0 Å². The molecule has 0 saturated carbocycles. The Kier molecular flexibility index (Phi) is 3.56. The average Bonchev–Trinajstić information content (AvgIpc) is 2.89. The van der Waals surface area contributed by atoms with E-state index in [0.29, 0.717) is 6.54 Å². The molecule has 3 aromatic rings. The van der Waals surface area contributed by atoms with Gasteiger partial charge in [0.1, 0.15) is 12.1 Å². The van der Waals surface area contributed by atoms with Crippen molar-refractivity contribution in [3.63, 3.8) is 0 Å². The van der Waals surface area contributed by atoms with Crippen LogP contribution >= 0.6 is 0 Å². The number of hydrogen-bond acceptors (Lipinski definition) is 4. The van der Waals surface area contributed by atoms with Crippen LogP contribution in [0.5, 0.6) is 0 Å². The van der Waals surface area contributed by atoms with E-state index in [-0.39, 0.29) is 5.41 Å². The topological polar surface area (TPSA) is 55.6 Å². The van der Waals surface area contributed by atoms with Crippen LogP contribution in [-0.4, -0.2) is 19.7 Å². The summed E-state index contributed by atoms with van der Waals surface area (Å²) < 4.78 is 1.70. The minimum absolute atomic E-state index is 0.0632. The number of benzene rings is 1. The highest BCUT2D eigenvalue weighted by Crippen LogP contribution is 2.32. The molecule has 5 nitrogen and oxygen atoms in total. The van der Waals surface area contributed by atoms with Crippen LogP contribution in [0.2, 0.25) is 0 Å². The van der Waals surface area contributed by atoms with Gasteiger partial charge >= 0.3 is 0 Å². The number of aromatic nitrogens is 4. The van der Waals surface area contributed by atoms with Crippen LogP contribution in [-0.2, 0) is 19.0 Å². The number of anilines is 1. The van der Waals surface area contributed by atoms with Gasteiger partial charge in [0.15, 0.2) is 5.82 Å². The van der Waals surface area contributed by atoms with Crippen molar-refractivity contribution in [3.8, 4) is 0 Å². The molecule has 0 saturated heterocycles. The second-order valence-corrected chi connectivity index (χ2v) is 6.50. The number of pyridine rings is 1. The normalized spacial score (nSPS) is 11.8. The Hall–Kier alpha value is -2.43. The Morgan fingerprint density at radius 2 is 1.82 bits per heavy atom. The maximum Gasteiger partial charge on any atom is 0.169 e. The highest BCUT2D eigenvalue weighted by Gasteiger charge is 2.18. The standard InChI is InChI=1S/C17H21N5/c1-17(2,3)14-9-18-16(13-8-6-5-7-12(13)14)19-10-15-20-11-22(4)21-15/h5-9,11H,10H2,1-4H3,(H,18,19). The minimum Gasteiger partial charge on any atom is -0.362 e. The van der Waals surface area contributed by atoms with Crippen molar-refractivity contribution in [3.05, 3.63) is 48.2 Å². The third-order valence-electron chi connectivity index (χ3n) is 3.66. The van der Waals surface area contributed by atoms with Crippen LogP contribution in [0.15, 0.2) is 36.8 Å². The summed E-state index contributed by atoms with van der Waals surface area (Å²) >= 11 is 0. The minimum atomic E-state index is 0.0632. The summed E-state index contributed by atoms with van der Waals surface area (Å²) in [5, 5.41) is 9.99. The molecule has 0 aliphatic carbocycles. The lowest BCUT2D eigenvalue weighted by Crippen LogP contribution is -2.13. The highest BCUT2D eigenvalue weighted by molar-refractivity contribution is 5.94. The monoisotopic (exact) mass is 295 g/mol. The van der Waals surface area contributed by atoms with E-state index >= 15 is 0 Å². The predicted octanol–water partition coefficient (Wildman–Crippen LogP) is 3.27. The Morgan fingerprint density at radius 3 is 2.45 bits per heavy atom. The molecule has 0 amide bonds. The summed E-state index contributed by atoms with van der Waals surface area (Å²) in [4.78, 5) is 8.85. The molecular weight excluding hydrogens is 274 g/mol. The molecular formula is C17H21N5. The first kappa shape index (κ1) is 14.5. The van der Waals surface area contributed by atoms with Gasteiger partial charge in [0.25, 0.3) is 0 Å². The molecule has 0 spiro atoms. The molecule has 2 aromatic heterocycles. The van der Waals surface area contributed by atoms with Gasteiger partial charge in [-0.25, -0.2) is 9.97 Å². The summed E-state index contributed by atoms with van der Waals surface area (Å²) in [5.41, 5.74) is 1.32. The molecule has 5 heteroatoms. The van der Waals surface area contributed by atoms with E-state index in [0.717, 1.165) is 17.0 Å². The van der Waals surface area contributed by atoms with Crippen LogP contribution in [0, 0.1) is 0 Å². The molecule has 0 unspecified atom stereocenters. The third-order valence-corrected chi connectivity index (χ3v) is 3.66. The van der Waals surface area contributed by atoms with Crippen molar-refractivity contribution in [2.45, 2.75) is 32.7 Å². The predicted molar refractivity (Wildman–Crippen MR) is 88.8 cm³/mol. The van der Waals surface area contributed by atoms with Crippen molar-refractivity contribution in [1.82, 2.24) is 19.7 Å². The van der Waals surface area contributed by atoms with Gasteiger partial charge in [0.05, 0.1) is 6.54 Å². The Balaban J connectivity index is 1.97. The van der Waals surface area contributed by atoms with Gasteiger partial charge in [-0.05, 0) is 16.4 Å². The summed E-state index contributed by atoms with van der Waals surface area (Å²) in [7, 11) is 1.86. The fourth-order valence-electron chi connectivity index (χ4n) is 2.56. The Labute approximate surface area is 130 Å². The molecule has 2 heterocycles. The second-order valence-electron chi connectivity index (χ2n) is 6.50. The van der Waals surface area contributed by atoms with Gasteiger partial charge in [0, 0.05) is 18.6 Å². The molecule has 1 aromatic carbocycles. The lowest BCUT2D eigenvalue weighted by Gasteiger charge is -2.22. The van der Waals surface area contributed by atoms with E-state index in [1.165, 1.54) is 10.9 Å². The number of nitrogens with one attached hydrogen (secondary N) is 1. The molecule has 0 atom stereocenters. The molecule has 0 aliphatic heterocycles. The van der Waals surface area contributed by atoms with Crippen molar-refractivity contribution in [2.75, 3.05) is 5.32 Å². The zero-order chi connectivity index (χ0) is 15.7. The van der Waals surface area contributed by atoms with Crippen LogP contribution in [0.1, 0.15) is 32.2 Å². The van der Waals surface area contributed by atoms with Crippen molar-refractivity contribution in [2.24, 2.45) is 7.05 Å². The zero-order valence-corrected chi connectivity index (χ0v) is 13.5. The number of hydrogen-bond donors (Lipinski definition) is 1. The number of nitrogens with zero attached hydrogens (tertiary/aromatic N) is 4. The summed E-state index contributed by atoms with van der Waals surface area (Å²) in [6, 6.07) is 8.37. The van der Waals surface area contributed by atoms with E-state index in [2.05, 4.69) is 59.4 Å². The second kappa shape index (κ2) is 5.40. The van der Waals surface area contributed by atoms with Gasteiger partial charge in [-0.15, -0.1) is 0 Å². The van der Waals surface area contributed by atoms with Crippen molar-refractivity contribution < 1.29 is 0 Å². The summed E-state index contributed by atoms with van der Waals surface area (Å²) in [6.45, 7) is 7.19. The van der Waals surface area contributed by atoms with Gasteiger partial charge in [-0.1, -0.05) is 45.0 Å². The zero-order valence-electron chi connectivity index (χ0n) is 13.5. The quantitative estimate of drug-likeness (QED) is 0.805. The third kappa shape index (κ3) is 2.79. The first-order chi connectivity index (χ1) is 10.4. The highest BCUT2D eigenvalue weighted by atomic mass is 15.3. The fourth-order valence-corrected chi connectivity index (χ4v) is 2.56. The van der Waals surface area contributed by atoms with Crippen LogP contribution in [0.4, 0.5) is 5.82 Å². The molecule has 0 radical (unpaired) electrons. The van der Waals surface area contributed by atoms with Crippen LogP contribution in [0.25, 0.3) is 10.8 Å². The lowest BCUT2D eigenvalue weighted by molar-refractivity contribution is 0.593. The molecule has 1 N–H and O–H groups in total. The molecule has 114 valence electrons. The maximum atomic E-state index is 4.62. The van der Waals surface area contributed by atoms with Crippen molar-refractivity contribution in [1.29, 1.82) is 0 Å². The van der Waals surface area contributed by atoms with Crippen LogP contribution < -0.4 is 5.32 Å². The van der Waals surface area contributed by atoms with Gasteiger partial charge < -0.3 is 5.32 Å². The summed E-state index contributed by atoms with van der Waals surface area (Å²) in [6.07, 6.45) is 3.67. The molecule has 0 fully saturated rings. The summed E-state index contributed by atoms with van der Waals surface area (Å²) in [5.74, 6) is 1.63. The SMILES string of the molecule is Cn1cnc(CNc2ncc(C(C)(C)C)c3ccccc23)n1. The van der Waals surface area contributed by atoms with Gasteiger partial charge in [-0.3, -0.25) is 4.68 Å². The van der Waals surface area contributed by atoms with E-state index < -0.39 is 0 Å². The van der Waals surface area contributed by atoms with Gasteiger partial charge in [-0.2, -0.15) is 5.10 Å². The first-order valence-corrected chi connectivity index (χ1v) is 7.42. The Bertz CT molecular complexity index is 798. The molecule has 3 rings (SSSR count). The number of rotatable bonds is 3. The first-order valence-electron chi connectivity index (χ1n) is 7.42. The van der Waals surface area contributed by atoms with E-state index in [1.807, 2.05) is 19.3 Å². The van der Waals surface area contributed by atoms with Crippen molar-refractivity contribution >= 4 is 16.6 Å². The van der Waals surface area contributed by atoms with E-state index in [4.69, 9.17) is 0 Å². The van der Waals surface area contributed by atoms with Crippen LogP contribution in [0.3, 0.4) is 0 Å². The smallest absolute Gasteiger partial charge is 0.169 e. The van der Waals surface area contributed by atoms with Gasteiger partial charge in [0.2, 0.25) is 0 Å². The molecule has 22 heavy (non-hydrogen) atoms. The molecule has 0 aliphatic rings. The number of aryl methyl sites for hydroxylation is 1.